The highest BCUT2D eigenvalue weighted by atomic mass is 16.6. The minimum absolute atomic E-state index is 0.239. The Morgan fingerprint density at radius 1 is 0.792 bits per heavy atom. The van der Waals surface area contributed by atoms with Crippen LogP contribution in [0.15, 0.2) is 0 Å². The topological polar surface area (TPSA) is 99.7 Å². The molecule has 2 aliphatic rings. The maximum Gasteiger partial charge on any atom is 0.326 e. The third-order valence-corrected chi connectivity index (χ3v) is 4.02. The number of likely N-dealkylation sites (N-methyl/N-ethyl adjacent to an activating group) is 2. The van der Waals surface area contributed by atoms with Crippen molar-refractivity contribution in [3.05, 3.63) is 0 Å². The van der Waals surface area contributed by atoms with E-state index in [9.17, 15) is 19.2 Å². The van der Waals surface area contributed by atoms with Crippen molar-refractivity contribution in [2.75, 3.05) is 26.6 Å². The van der Waals surface area contributed by atoms with Gasteiger partial charge in [-0.25, -0.2) is 9.59 Å². The molecule has 0 spiro atoms. The van der Waals surface area contributed by atoms with Gasteiger partial charge >= 0.3 is 24.0 Å². The van der Waals surface area contributed by atoms with E-state index in [1.807, 2.05) is 0 Å². The summed E-state index contributed by atoms with van der Waals surface area (Å²) in [6.07, 6.45) is -1.21. The first kappa shape index (κ1) is 17.8. The van der Waals surface area contributed by atoms with Crippen LogP contribution >= 0.6 is 0 Å². The summed E-state index contributed by atoms with van der Waals surface area (Å²) in [6, 6.07) is -0.681. The van der Waals surface area contributed by atoms with E-state index in [4.69, 9.17) is 9.47 Å². The molecule has 24 heavy (non-hydrogen) atoms. The molecular formula is C14H22N4O6. The van der Waals surface area contributed by atoms with Gasteiger partial charge in [0.05, 0.1) is 0 Å². The summed E-state index contributed by atoms with van der Waals surface area (Å²) in [5.41, 5.74) is 0. The maximum atomic E-state index is 12.6. The monoisotopic (exact) mass is 342 g/mol. The van der Waals surface area contributed by atoms with Crippen LogP contribution in [0, 0.1) is 0 Å². The highest BCUT2D eigenvalue weighted by Crippen LogP contribution is 2.34. The highest BCUT2D eigenvalue weighted by Gasteiger charge is 2.58. The molecule has 2 rings (SSSR count). The van der Waals surface area contributed by atoms with Gasteiger partial charge in [-0.2, -0.15) is 0 Å². The Balaban J connectivity index is 2.31. The number of carbonyl (C=O) groups is 4. The smallest absolute Gasteiger partial charge is 0.326 e. The van der Waals surface area contributed by atoms with Crippen LogP contribution in [0.25, 0.3) is 0 Å². The van der Waals surface area contributed by atoms with E-state index < -0.39 is 24.3 Å². The molecule has 4 amide bonds. The Morgan fingerprint density at radius 2 is 1.12 bits per heavy atom. The van der Waals surface area contributed by atoms with Gasteiger partial charge in [-0.15, -0.1) is 0 Å². The summed E-state index contributed by atoms with van der Waals surface area (Å²) >= 11 is 0. The minimum Gasteiger partial charge on any atom is -0.444 e. The number of fused-ring (bicyclic) bond motifs is 1. The molecule has 10 nitrogen and oxygen atoms in total. The average Bonchev–Trinajstić information content (AvgIpc) is 2.93. The number of amides is 4. The standard InChI is InChI=1S/C14H22N4O6/c1-5-15-11-12(18(13(15)21)8-24-10(4)20)16(6-2)14(22)17(11)7-23-9(3)19/h11-12H,5-8H2,1-4H3/t11-,12-/m0/s1. The van der Waals surface area contributed by atoms with Crippen molar-refractivity contribution in [1.82, 2.24) is 19.6 Å². The molecule has 10 heteroatoms. The van der Waals surface area contributed by atoms with Crippen LogP contribution in [0.3, 0.4) is 0 Å². The first-order valence-electron chi connectivity index (χ1n) is 7.74. The molecule has 0 bridgehead atoms. The van der Waals surface area contributed by atoms with Gasteiger partial charge in [0.15, 0.2) is 25.8 Å². The second-order valence-corrected chi connectivity index (χ2v) is 5.43. The molecule has 0 radical (unpaired) electrons. The molecule has 2 fully saturated rings. The summed E-state index contributed by atoms with van der Waals surface area (Å²) in [7, 11) is 0. The largest absolute Gasteiger partial charge is 0.444 e. The number of nitrogens with zero attached hydrogens (tertiary/aromatic N) is 4. The maximum absolute atomic E-state index is 12.6. The number of esters is 2. The lowest BCUT2D eigenvalue weighted by Gasteiger charge is -2.28. The fourth-order valence-corrected chi connectivity index (χ4v) is 2.99. The van der Waals surface area contributed by atoms with Crippen LogP contribution in [-0.2, 0) is 19.1 Å². The summed E-state index contributed by atoms with van der Waals surface area (Å²) < 4.78 is 9.91. The first-order valence-corrected chi connectivity index (χ1v) is 7.74. The number of carbonyl (C=O) groups excluding carboxylic acids is 4. The fourth-order valence-electron chi connectivity index (χ4n) is 2.99. The number of ether oxygens (including phenoxy) is 2. The summed E-state index contributed by atoms with van der Waals surface area (Å²) in [6.45, 7) is 6.31. The van der Waals surface area contributed by atoms with Crippen LogP contribution in [0.4, 0.5) is 9.59 Å². The molecule has 0 aromatic heterocycles. The molecule has 134 valence electrons. The Kier molecular flexibility index (Phi) is 5.15. The van der Waals surface area contributed by atoms with E-state index in [1.54, 1.807) is 13.8 Å². The summed E-state index contributed by atoms with van der Waals surface area (Å²) in [4.78, 5) is 53.0. The highest BCUT2D eigenvalue weighted by molar-refractivity contribution is 5.85. The molecule has 2 heterocycles. The molecule has 2 aliphatic heterocycles. The van der Waals surface area contributed by atoms with Crippen LogP contribution in [0.2, 0.25) is 0 Å². The van der Waals surface area contributed by atoms with E-state index in [1.165, 1.54) is 33.4 Å². The molecule has 2 atom stereocenters. The van der Waals surface area contributed by atoms with Gasteiger partial charge in [-0.1, -0.05) is 0 Å². The molecule has 0 unspecified atom stereocenters. The van der Waals surface area contributed by atoms with Gasteiger partial charge in [-0.05, 0) is 13.8 Å². The van der Waals surface area contributed by atoms with Crippen LogP contribution in [0.1, 0.15) is 27.7 Å². The van der Waals surface area contributed by atoms with Gasteiger partial charge in [0.2, 0.25) is 0 Å². The molecule has 0 saturated carbocycles. The van der Waals surface area contributed by atoms with Gasteiger partial charge in [0, 0.05) is 26.9 Å². The van der Waals surface area contributed by atoms with Crippen molar-refractivity contribution in [2.45, 2.75) is 40.0 Å². The second-order valence-electron chi connectivity index (χ2n) is 5.43. The number of hydrogen-bond acceptors (Lipinski definition) is 6. The van der Waals surface area contributed by atoms with Crippen LogP contribution < -0.4 is 0 Å². The van der Waals surface area contributed by atoms with E-state index in [-0.39, 0.29) is 25.5 Å². The van der Waals surface area contributed by atoms with Crippen molar-refractivity contribution >= 4 is 24.0 Å². The SMILES string of the molecule is CCN1C(=O)N(COC(C)=O)[C@H]2[C@@H]1N(COC(C)=O)C(=O)N2CC. The zero-order valence-electron chi connectivity index (χ0n) is 14.2. The normalized spacial score (nSPS) is 23.0. The third-order valence-electron chi connectivity index (χ3n) is 4.02. The van der Waals surface area contributed by atoms with E-state index >= 15 is 0 Å². The average molecular weight is 342 g/mol. The van der Waals surface area contributed by atoms with Crippen molar-refractivity contribution in [3.63, 3.8) is 0 Å². The molecule has 2 saturated heterocycles. The van der Waals surface area contributed by atoms with E-state index in [0.29, 0.717) is 13.1 Å². The lowest BCUT2D eigenvalue weighted by atomic mass is 10.3. The van der Waals surface area contributed by atoms with Crippen molar-refractivity contribution in [3.8, 4) is 0 Å². The first-order chi connectivity index (χ1) is 11.3. The zero-order chi connectivity index (χ0) is 18.0. The quantitative estimate of drug-likeness (QED) is 0.639. The molecule has 0 aromatic carbocycles. The summed E-state index contributed by atoms with van der Waals surface area (Å²) in [5, 5.41) is 0. The Labute approximate surface area is 139 Å². The Hall–Kier alpha value is -2.52. The number of rotatable bonds is 6. The molecule has 0 N–H and O–H groups in total. The van der Waals surface area contributed by atoms with Gasteiger partial charge < -0.3 is 19.3 Å². The second kappa shape index (κ2) is 6.93. The Bertz CT molecular complexity index is 505. The predicted octanol–water partition coefficient (Wildman–Crippen LogP) is 0.195. The van der Waals surface area contributed by atoms with Crippen molar-refractivity contribution in [1.29, 1.82) is 0 Å². The lowest BCUT2D eigenvalue weighted by Crippen LogP contribution is -2.47. The Morgan fingerprint density at radius 3 is 1.38 bits per heavy atom. The minimum atomic E-state index is -0.607. The van der Waals surface area contributed by atoms with Crippen LogP contribution in [0.5, 0.6) is 0 Å². The van der Waals surface area contributed by atoms with Crippen molar-refractivity contribution < 1.29 is 28.7 Å². The van der Waals surface area contributed by atoms with E-state index in [2.05, 4.69) is 0 Å². The number of hydrogen-bond donors (Lipinski definition) is 0. The van der Waals surface area contributed by atoms with E-state index in [0.717, 1.165) is 0 Å². The third kappa shape index (κ3) is 2.95. The predicted molar refractivity (Wildman–Crippen MR) is 80.1 cm³/mol. The summed E-state index contributed by atoms with van der Waals surface area (Å²) in [5.74, 6) is -1.03. The molecular weight excluding hydrogens is 320 g/mol. The van der Waals surface area contributed by atoms with Crippen LogP contribution in [-0.4, -0.2) is 82.5 Å². The van der Waals surface area contributed by atoms with Gasteiger partial charge in [-0.3, -0.25) is 19.4 Å². The fraction of sp³-hybridized carbons (Fsp3) is 0.714. The van der Waals surface area contributed by atoms with Gasteiger partial charge in [0.1, 0.15) is 0 Å². The molecule has 0 aromatic rings. The number of urea groups is 2. The zero-order valence-corrected chi connectivity index (χ0v) is 14.2. The lowest BCUT2D eigenvalue weighted by molar-refractivity contribution is -0.147. The molecule has 0 aliphatic carbocycles. The van der Waals surface area contributed by atoms with Crippen molar-refractivity contribution in [2.24, 2.45) is 0 Å². The van der Waals surface area contributed by atoms with Gasteiger partial charge in [0.25, 0.3) is 0 Å².